The number of ether oxygens (including phenoxy) is 1. The summed E-state index contributed by atoms with van der Waals surface area (Å²) in [5.74, 6) is 3.89. The van der Waals surface area contributed by atoms with E-state index >= 15 is 0 Å². The third kappa shape index (κ3) is 4.48. The van der Waals surface area contributed by atoms with Crippen molar-refractivity contribution in [1.82, 2.24) is 0 Å². The van der Waals surface area contributed by atoms with Gasteiger partial charge in [0.25, 0.3) is 0 Å². The fourth-order valence-electron chi connectivity index (χ4n) is 4.74. The minimum absolute atomic E-state index is 0.553. The molecule has 1 nitrogen and oxygen atoms in total. The quantitative estimate of drug-likeness (QED) is 0.595. The van der Waals surface area contributed by atoms with Crippen molar-refractivity contribution in [3.05, 3.63) is 0 Å². The smallest absolute Gasteiger partial charge is 0.0600 e. The van der Waals surface area contributed by atoms with E-state index in [1.54, 1.807) is 0 Å². The minimum atomic E-state index is 0.553. The Balaban J connectivity index is 1.72. The maximum Gasteiger partial charge on any atom is 0.0600 e. The van der Waals surface area contributed by atoms with E-state index in [0.29, 0.717) is 6.10 Å². The highest BCUT2D eigenvalue weighted by molar-refractivity contribution is 4.85. The molecule has 20 heavy (non-hydrogen) atoms. The van der Waals surface area contributed by atoms with Crippen molar-refractivity contribution in [2.75, 3.05) is 6.61 Å². The van der Waals surface area contributed by atoms with E-state index in [1.165, 1.54) is 64.2 Å². The van der Waals surface area contributed by atoms with Gasteiger partial charge in [-0.05, 0) is 62.7 Å². The minimum Gasteiger partial charge on any atom is -0.378 e. The molecule has 2 fully saturated rings. The van der Waals surface area contributed by atoms with Gasteiger partial charge in [0.15, 0.2) is 0 Å². The van der Waals surface area contributed by atoms with E-state index in [4.69, 9.17) is 4.74 Å². The highest BCUT2D eigenvalue weighted by atomic mass is 16.5. The SMILES string of the molecule is CCCCC1CCC(C2CCC(OCC)C(C)C2)CC1. The van der Waals surface area contributed by atoms with Crippen LogP contribution in [0.15, 0.2) is 0 Å². The zero-order valence-electron chi connectivity index (χ0n) is 14.1. The Kier molecular flexibility index (Phi) is 6.87. The van der Waals surface area contributed by atoms with Gasteiger partial charge in [0.05, 0.1) is 6.10 Å². The van der Waals surface area contributed by atoms with E-state index in [1.807, 2.05) is 0 Å². The van der Waals surface area contributed by atoms with Crippen LogP contribution in [0, 0.1) is 23.7 Å². The number of rotatable bonds is 6. The van der Waals surface area contributed by atoms with Crippen LogP contribution in [0.3, 0.4) is 0 Å². The molecule has 1 heteroatoms. The van der Waals surface area contributed by atoms with Crippen molar-refractivity contribution >= 4 is 0 Å². The summed E-state index contributed by atoms with van der Waals surface area (Å²) in [4.78, 5) is 0. The van der Waals surface area contributed by atoms with Crippen LogP contribution in [-0.4, -0.2) is 12.7 Å². The van der Waals surface area contributed by atoms with Crippen LogP contribution < -0.4 is 0 Å². The summed E-state index contributed by atoms with van der Waals surface area (Å²) in [7, 11) is 0. The van der Waals surface area contributed by atoms with Crippen molar-refractivity contribution in [3.63, 3.8) is 0 Å². The van der Waals surface area contributed by atoms with Gasteiger partial charge in [-0.3, -0.25) is 0 Å². The molecule has 0 saturated heterocycles. The molecule has 0 amide bonds. The molecule has 0 aromatic heterocycles. The molecule has 0 N–H and O–H groups in total. The van der Waals surface area contributed by atoms with Gasteiger partial charge in [0.1, 0.15) is 0 Å². The van der Waals surface area contributed by atoms with E-state index < -0.39 is 0 Å². The van der Waals surface area contributed by atoms with Crippen LogP contribution in [0.1, 0.15) is 85.0 Å². The molecule has 2 saturated carbocycles. The Hall–Kier alpha value is -0.0400. The van der Waals surface area contributed by atoms with Crippen LogP contribution in [0.25, 0.3) is 0 Å². The topological polar surface area (TPSA) is 9.23 Å². The first-order chi connectivity index (χ1) is 9.74. The summed E-state index contributed by atoms with van der Waals surface area (Å²) in [6.07, 6.45) is 15.1. The van der Waals surface area contributed by atoms with E-state index in [2.05, 4.69) is 20.8 Å². The van der Waals surface area contributed by atoms with Crippen molar-refractivity contribution < 1.29 is 4.74 Å². The van der Waals surface area contributed by atoms with Crippen LogP contribution in [0.2, 0.25) is 0 Å². The Morgan fingerprint density at radius 2 is 1.60 bits per heavy atom. The van der Waals surface area contributed by atoms with E-state index in [-0.39, 0.29) is 0 Å². The van der Waals surface area contributed by atoms with Crippen LogP contribution in [0.4, 0.5) is 0 Å². The Labute approximate surface area is 126 Å². The van der Waals surface area contributed by atoms with Gasteiger partial charge < -0.3 is 4.74 Å². The summed E-state index contributed by atoms with van der Waals surface area (Å²) >= 11 is 0. The Morgan fingerprint density at radius 3 is 2.20 bits per heavy atom. The molecule has 3 atom stereocenters. The molecule has 2 aliphatic rings. The third-order valence-electron chi connectivity index (χ3n) is 6.04. The lowest BCUT2D eigenvalue weighted by atomic mass is 9.68. The highest BCUT2D eigenvalue weighted by Gasteiger charge is 2.34. The van der Waals surface area contributed by atoms with Crippen LogP contribution in [0.5, 0.6) is 0 Å². The second-order valence-electron chi connectivity index (χ2n) is 7.47. The van der Waals surface area contributed by atoms with E-state index in [0.717, 1.165) is 30.3 Å². The first-order valence-corrected chi connectivity index (χ1v) is 9.36. The summed E-state index contributed by atoms with van der Waals surface area (Å²) in [5, 5.41) is 0. The molecule has 3 unspecified atom stereocenters. The molecule has 118 valence electrons. The molecule has 0 aliphatic heterocycles. The summed E-state index contributed by atoms with van der Waals surface area (Å²) in [6, 6.07) is 0. The lowest BCUT2D eigenvalue weighted by Crippen LogP contribution is -2.34. The average molecular weight is 280 g/mol. The monoisotopic (exact) mass is 280 g/mol. The van der Waals surface area contributed by atoms with Crippen molar-refractivity contribution in [2.24, 2.45) is 23.7 Å². The molecule has 2 rings (SSSR count). The predicted octanol–water partition coefficient (Wildman–Crippen LogP) is 5.82. The van der Waals surface area contributed by atoms with Crippen LogP contribution in [-0.2, 0) is 4.74 Å². The molecule has 2 aliphatic carbocycles. The molecule has 0 bridgehead atoms. The number of hydrogen-bond acceptors (Lipinski definition) is 1. The van der Waals surface area contributed by atoms with Gasteiger partial charge in [0, 0.05) is 6.61 Å². The van der Waals surface area contributed by atoms with E-state index in [9.17, 15) is 0 Å². The van der Waals surface area contributed by atoms with Gasteiger partial charge in [-0.2, -0.15) is 0 Å². The summed E-state index contributed by atoms with van der Waals surface area (Å²) in [5.41, 5.74) is 0. The average Bonchev–Trinajstić information content (AvgIpc) is 2.48. The molecule has 0 radical (unpaired) electrons. The van der Waals surface area contributed by atoms with Crippen LogP contribution >= 0.6 is 0 Å². The zero-order chi connectivity index (χ0) is 14.4. The molecular weight excluding hydrogens is 244 g/mol. The predicted molar refractivity (Wildman–Crippen MR) is 86.9 cm³/mol. The van der Waals surface area contributed by atoms with Crippen molar-refractivity contribution in [3.8, 4) is 0 Å². The Morgan fingerprint density at radius 1 is 0.900 bits per heavy atom. The largest absolute Gasteiger partial charge is 0.378 e. The molecule has 0 aromatic carbocycles. The lowest BCUT2D eigenvalue weighted by Gasteiger charge is -2.40. The standard InChI is InChI=1S/C19H36O/c1-4-6-7-16-8-10-17(11-9-16)18-12-13-19(20-5-2)15(3)14-18/h15-19H,4-14H2,1-3H3. The third-order valence-corrected chi connectivity index (χ3v) is 6.04. The van der Waals surface area contributed by atoms with Gasteiger partial charge in [-0.1, -0.05) is 46.0 Å². The van der Waals surface area contributed by atoms with Crippen molar-refractivity contribution in [2.45, 2.75) is 91.1 Å². The lowest BCUT2D eigenvalue weighted by molar-refractivity contribution is -0.0223. The van der Waals surface area contributed by atoms with Gasteiger partial charge in [-0.25, -0.2) is 0 Å². The fourth-order valence-corrected chi connectivity index (χ4v) is 4.74. The zero-order valence-corrected chi connectivity index (χ0v) is 14.1. The normalized spacial score (nSPS) is 38.9. The highest BCUT2D eigenvalue weighted by Crippen LogP contribution is 2.43. The molecular formula is C19H36O. The first-order valence-electron chi connectivity index (χ1n) is 9.36. The van der Waals surface area contributed by atoms with Gasteiger partial charge in [-0.15, -0.1) is 0 Å². The Bertz CT molecular complexity index is 254. The van der Waals surface area contributed by atoms with Crippen molar-refractivity contribution in [1.29, 1.82) is 0 Å². The second-order valence-corrected chi connectivity index (χ2v) is 7.47. The molecule has 0 spiro atoms. The maximum atomic E-state index is 5.89. The first kappa shape index (κ1) is 16.3. The summed E-state index contributed by atoms with van der Waals surface area (Å²) < 4.78 is 5.89. The molecule has 0 aromatic rings. The number of hydrogen-bond donors (Lipinski definition) is 0. The van der Waals surface area contributed by atoms with Gasteiger partial charge in [0.2, 0.25) is 0 Å². The van der Waals surface area contributed by atoms with Gasteiger partial charge >= 0.3 is 0 Å². The maximum absolute atomic E-state index is 5.89. The fraction of sp³-hybridized carbons (Fsp3) is 1.00. The molecule has 0 heterocycles. The summed E-state index contributed by atoms with van der Waals surface area (Å²) in [6.45, 7) is 7.77. The second kappa shape index (κ2) is 8.41. The number of unbranched alkanes of at least 4 members (excludes halogenated alkanes) is 1.